The van der Waals surface area contributed by atoms with Gasteiger partial charge in [-0.3, -0.25) is 14.2 Å². The van der Waals surface area contributed by atoms with Crippen LogP contribution in [0.1, 0.15) is 23.6 Å². The number of hydrogen-bond donors (Lipinski definition) is 2. The van der Waals surface area contributed by atoms with Gasteiger partial charge in [0.25, 0.3) is 5.56 Å². The maximum atomic E-state index is 12.7. The minimum atomic E-state index is -0.620. The molecule has 1 aliphatic carbocycles. The average Bonchev–Trinajstić information content (AvgIpc) is 3.26. The molecule has 0 amide bonds. The summed E-state index contributed by atoms with van der Waals surface area (Å²) in [5, 5.41) is 16.7. The Morgan fingerprint density at radius 2 is 2.24 bits per heavy atom. The molecular weight excluding hydrogens is 277 g/mol. The SMILES string of the molecule is N#Cc1nnc(-c2c[nH]c(=O)[nH]c2=O)cc1[C@H]1C[C@@H]1CF. The van der Waals surface area contributed by atoms with Crippen molar-refractivity contribution in [2.24, 2.45) is 5.92 Å². The molecule has 2 aromatic rings. The van der Waals surface area contributed by atoms with Gasteiger partial charge in [-0.25, -0.2) is 4.79 Å². The van der Waals surface area contributed by atoms with Crippen LogP contribution in [-0.4, -0.2) is 26.8 Å². The molecule has 1 fully saturated rings. The third-order valence-corrected chi connectivity index (χ3v) is 3.54. The molecule has 7 nitrogen and oxygen atoms in total. The van der Waals surface area contributed by atoms with E-state index in [4.69, 9.17) is 5.26 Å². The smallest absolute Gasteiger partial charge is 0.313 e. The Morgan fingerprint density at radius 3 is 2.86 bits per heavy atom. The van der Waals surface area contributed by atoms with Crippen molar-refractivity contribution in [3.8, 4) is 17.3 Å². The first-order valence-electron chi connectivity index (χ1n) is 6.30. The Hall–Kier alpha value is -2.82. The summed E-state index contributed by atoms with van der Waals surface area (Å²) in [6, 6.07) is 3.49. The predicted molar refractivity (Wildman–Crippen MR) is 70.2 cm³/mol. The van der Waals surface area contributed by atoms with Gasteiger partial charge >= 0.3 is 5.69 Å². The lowest BCUT2D eigenvalue weighted by molar-refractivity contribution is 0.452. The number of aromatic amines is 2. The first-order valence-corrected chi connectivity index (χ1v) is 6.30. The van der Waals surface area contributed by atoms with Crippen LogP contribution in [0.3, 0.4) is 0 Å². The van der Waals surface area contributed by atoms with Crippen molar-refractivity contribution in [3.05, 3.63) is 44.4 Å². The number of H-pyrrole nitrogens is 2. The summed E-state index contributed by atoms with van der Waals surface area (Å²) in [6.45, 7) is -0.452. The molecule has 2 aromatic heterocycles. The van der Waals surface area contributed by atoms with Crippen LogP contribution in [-0.2, 0) is 0 Å². The zero-order valence-electron chi connectivity index (χ0n) is 10.8. The Morgan fingerprint density at radius 1 is 1.43 bits per heavy atom. The molecule has 0 spiro atoms. The van der Waals surface area contributed by atoms with Gasteiger partial charge in [-0.2, -0.15) is 5.26 Å². The van der Waals surface area contributed by atoms with E-state index in [0.29, 0.717) is 12.0 Å². The summed E-state index contributed by atoms with van der Waals surface area (Å²) < 4.78 is 12.7. The highest BCUT2D eigenvalue weighted by atomic mass is 19.1. The second-order valence-corrected chi connectivity index (χ2v) is 4.89. The van der Waals surface area contributed by atoms with Crippen LogP contribution in [0.25, 0.3) is 11.3 Å². The third kappa shape index (κ3) is 2.33. The van der Waals surface area contributed by atoms with Crippen LogP contribution >= 0.6 is 0 Å². The first kappa shape index (κ1) is 13.2. The minimum absolute atomic E-state index is 0.0688. The fourth-order valence-corrected chi connectivity index (χ4v) is 2.31. The van der Waals surface area contributed by atoms with E-state index < -0.39 is 17.9 Å². The summed E-state index contributed by atoms with van der Waals surface area (Å²) in [5.41, 5.74) is -0.0978. The van der Waals surface area contributed by atoms with Crippen molar-refractivity contribution in [1.29, 1.82) is 5.26 Å². The van der Waals surface area contributed by atoms with Gasteiger partial charge < -0.3 is 4.98 Å². The van der Waals surface area contributed by atoms with Crippen LogP contribution in [0, 0.1) is 17.2 Å². The zero-order chi connectivity index (χ0) is 15.0. The molecule has 0 radical (unpaired) electrons. The lowest BCUT2D eigenvalue weighted by atomic mass is 10.1. The Balaban J connectivity index is 2.09. The van der Waals surface area contributed by atoms with Gasteiger partial charge in [0.05, 0.1) is 12.2 Å². The lowest BCUT2D eigenvalue weighted by Crippen LogP contribution is -2.23. The maximum absolute atomic E-state index is 12.7. The van der Waals surface area contributed by atoms with E-state index >= 15 is 0 Å². The van der Waals surface area contributed by atoms with Crippen LogP contribution in [0.4, 0.5) is 4.39 Å². The van der Waals surface area contributed by atoms with Crippen LogP contribution in [0.15, 0.2) is 21.9 Å². The number of nitrogens with zero attached hydrogens (tertiary/aromatic N) is 3. The average molecular weight is 287 g/mol. The summed E-state index contributed by atoms with van der Waals surface area (Å²) in [5.74, 6) is -0.177. The van der Waals surface area contributed by atoms with Gasteiger partial charge in [-0.05, 0) is 29.9 Å². The molecule has 0 saturated heterocycles. The number of aromatic nitrogens is 4. The first-order chi connectivity index (χ1) is 10.1. The highest BCUT2D eigenvalue weighted by molar-refractivity contribution is 5.58. The van der Waals surface area contributed by atoms with E-state index in [-0.39, 0.29) is 28.8 Å². The van der Waals surface area contributed by atoms with E-state index in [9.17, 15) is 14.0 Å². The lowest BCUT2D eigenvalue weighted by Gasteiger charge is -2.04. The highest BCUT2D eigenvalue weighted by Crippen LogP contribution is 2.48. The summed E-state index contributed by atoms with van der Waals surface area (Å²) in [4.78, 5) is 27.2. The number of rotatable bonds is 3. The van der Waals surface area contributed by atoms with Crippen molar-refractivity contribution < 1.29 is 4.39 Å². The number of nitriles is 1. The van der Waals surface area contributed by atoms with Crippen molar-refractivity contribution in [3.63, 3.8) is 0 Å². The van der Waals surface area contributed by atoms with Crippen LogP contribution < -0.4 is 11.2 Å². The minimum Gasteiger partial charge on any atom is -0.313 e. The quantitative estimate of drug-likeness (QED) is 0.851. The van der Waals surface area contributed by atoms with Gasteiger partial charge in [-0.1, -0.05) is 0 Å². The Kier molecular flexibility index (Phi) is 3.10. The molecule has 21 heavy (non-hydrogen) atoms. The summed E-state index contributed by atoms with van der Waals surface area (Å²) in [7, 11) is 0. The standard InChI is InChI=1S/C13H10FN5O2/c14-3-6-1-7(6)8-2-10(18-19-11(8)4-15)9-5-16-13(21)17-12(9)20/h2,5-7H,1,3H2,(H2,16,17,20,21)/t6-,7+/m1/s1. The fraction of sp³-hybridized carbons (Fsp3) is 0.308. The summed E-state index contributed by atoms with van der Waals surface area (Å²) >= 11 is 0. The molecule has 2 atom stereocenters. The molecule has 0 aromatic carbocycles. The molecular formula is C13H10FN5O2. The highest BCUT2D eigenvalue weighted by Gasteiger charge is 2.40. The Bertz CT molecular complexity index is 851. The fourth-order valence-electron chi connectivity index (χ4n) is 2.31. The van der Waals surface area contributed by atoms with E-state index in [1.165, 1.54) is 6.20 Å². The van der Waals surface area contributed by atoms with Gasteiger partial charge in [0.1, 0.15) is 11.8 Å². The number of hydrogen-bond acceptors (Lipinski definition) is 5. The third-order valence-electron chi connectivity index (χ3n) is 3.54. The molecule has 1 aliphatic rings. The van der Waals surface area contributed by atoms with Crippen molar-refractivity contribution in [2.45, 2.75) is 12.3 Å². The Labute approximate surface area is 117 Å². The zero-order valence-corrected chi connectivity index (χ0v) is 10.8. The number of nitrogens with one attached hydrogen (secondary N) is 2. The second kappa shape index (κ2) is 4.94. The molecule has 1 saturated carbocycles. The van der Waals surface area contributed by atoms with E-state index in [1.807, 2.05) is 6.07 Å². The monoisotopic (exact) mass is 287 g/mol. The molecule has 0 aliphatic heterocycles. The van der Waals surface area contributed by atoms with Gasteiger partial charge in [0.2, 0.25) is 0 Å². The second-order valence-electron chi connectivity index (χ2n) is 4.89. The number of alkyl halides is 1. The van der Waals surface area contributed by atoms with Crippen LogP contribution in [0.5, 0.6) is 0 Å². The molecule has 2 heterocycles. The number of halogens is 1. The van der Waals surface area contributed by atoms with Crippen LogP contribution in [0.2, 0.25) is 0 Å². The molecule has 3 rings (SSSR count). The maximum Gasteiger partial charge on any atom is 0.325 e. The predicted octanol–water partition coefficient (Wildman–Crippen LogP) is 0.465. The molecule has 8 heteroatoms. The normalized spacial score (nSPS) is 20.0. The topological polar surface area (TPSA) is 115 Å². The van der Waals surface area contributed by atoms with E-state index in [2.05, 4.69) is 20.2 Å². The van der Waals surface area contributed by atoms with Crippen molar-refractivity contribution in [1.82, 2.24) is 20.2 Å². The molecule has 2 N–H and O–H groups in total. The van der Waals surface area contributed by atoms with Gasteiger partial charge in [-0.15, -0.1) is 10.2 Å². The van der Waals surface area contributed by atoms with E-state index in [1.54, 1.807) is 6.07 Å². The van der Waals surface area contributed by atoms with Crippen molar-refractivity contribution in [2.75, 3.05) is 6.67 Å². The molecule has 0 bridgehead atoms. The summed E-state index contributed by atoms with van der Waals surface area (Å²) in [6.07, 6.45) is 1.89. The van der Waals surface area contributed by atoms with Crippen molar-refractivity contribution >= 4 is 0 Å². The van der Waals surface area contributed by atoms with E-state index in [0.717, 1.165) is 0 Å². The largest absolute Gasteiger partial charge is 0.325 e. The molecule has 106 valence electrons. The van der Waals surface area contributed by atoms with Gasteiger partial charge in [0, 0.05) is 6.20 Å². The molecule has 0 unspecified atom stereocenters. The van der Waals surface area contributed by atoms with Gasteiger partial charge in [0.15, 0.2) is 5.69 Å².